The Balaban J connectivity index is 1.54. The molecule has 0 aliphatic rings. The van der Waals surface area contributed by atoms with E-state index in [-0.39, 0.29) is 11.7 Å². The molecule has 0 radical (unpaired) electrons. The van der Waals surface area contributed by atoms with Crippen LogP contribution in [0.2, 0.25) is 10.0 Å². The Kier molecular flexibility index (Phi) is 6.02. The van der Waals surface area contributed by atoms with Gasteiger partial charge in [-0.2, -0.15) is 0 Å². The number of fused-ring (bicyclic) bond motifs is 1. The minimum Gasteiger partial charge on any atom is -0.352 e. The average molecular weight is 442 g/mol. The molecule has 4 aromatic rings. The molecular formula is C23H18Cl2FN3O. The summed E-state index contributed by atoms with van der Waals surface area (Å²) in [5.74, 6) is 0.209. The number of para-hydroxylation sites is 2. The highest BCUT2D eigenvalue weighted by Crippen LogP contribution is 2.24. The molecule has 1 amide bonds. The van der Waals surface area contributed by atoms with Crippen molar-refractivity contribution in [2.45, 2.75) is 13.0 Å². The van der Waals surface area contributed by atoms with E-state index in [9.17, 15) is 9.18 Å². The molecule has 7 heteroatoms. The van der Waals surface area contributed by atoms with Crippen LogP contribution < -0.4 is 5.32 Å². The van der Waals surface area contributed by atoms with Crippen molar-refractivity contribution in [3.8, 4) is 0 Å². The summed E-state index contributed by atoms with van der Waals surface area (Å²) >= 11 is 12.4. The second-order valence-electron chi connectivity index (χ2n) is 6.85. The van der Waals surface area contributed by atoms with Gasteiger partial charge in [-0.25, -0.2) is 9.37 Å². The van der Waals surface area contributed by atoms with Gasteiger partial charge in [0, 0.05) is 28.6 Å². The molecule has 4 rings (SSSR count). The number of carbonyl (C=O) groups is 1. The van der Waals surface area contributed by atoms with Gasteiger partial charge < -0.3 is 9.88 Å². The molecule has 0 saturated heterocycles. The van der Waals surface area contributed by atoms with Crippen LogP contribution in [0.3, 0.4) is 0 Å². The van der Waals surface area contributed by atoms with Crippen molar-refractivity contribution in [1.29, 1.82) is 0 Å². The van der Waals surface area contributed by atoms with Crippen LogP contribution in [0.15, 0.2) is 66.7 Å². The van der Waals surface area contributed by atoms with Crippen molar-refractivity contribution in [2.24, 2.45) is 0 Å². The van der Waals surface area contributed by atoms with Crippen molar-refractivity contribution >= 4 is 40.1 Å². The molecule has 3 aromatic carbocycles. The number of hydrogen-bond donors (Lipinski definition) is 1. The third kappa shape index (κ3) is 4.48. The zero-order valence-corrected chi connectivity index (χ0v) is 17.4. The third-order valence-electron chi connectivity index (χ3n) is 4.82. The van der Waals surface area contributed by atoms with Gasteiger partial charge in [-0.1, -0.05) is 41.4 Å². The zero-order valence-electron chi connectivity index (χ0n) is 15.9. The van der Waals surface area contributed by atoms with Crippen LogP contribution in [0.1, 0.15) is 21.7 Å². The molecule has 0 saturated carbocycles. The molecule has 1 aromatic heterocycles. The van der Waals surface area contributed by atoms with Crippen LogP contribution in [0.5, 0.6) is 0 Å². The van der Waals surface area contributed by atoms with Crippen molar-refractivity contribution in [3.63, 3.8) is 0 Å². The largest absolute Gasteiger partial charge is 0.352 e. The van der Waals surface area contributed by atoms with Gasteiger partial charge in [-0.15, -0.1) is 0 Å². The maximum Gasteiger partial charge on any atom is 0.251 e. The van der Waals surface area contributed by atoms with E-state index in [0.717, 1.165) is 22.4 Å². The standard InChI is InChI=1S/C23H18Cl2FN3O/c24-17-8-5-16(19(25)13-17)14-29-21-4-2-1-3-20(21)28-22(29)11-12-27-23(30)15-6-9-18(26)10-7-15/h1-10,13H,11-12,14H2,(H,27,30). The lowest BCUT2D eigenvalue weighted by Gasteiger charge is -2.12. The van der Waals surface area contributed by atoms with Crippen LogP contribution in [-0.2, 0) is 13.0 Å². The normalized spacial score (nSPS) is 11.0. The van der Waals surface area contributed by atoms with E-state index in [0.29, 0.717) is 35.1 Å². The Labute approximate surface area is 183 Å². The predicted octanol–water partition coefficient (Wildman–Crippen LogP) is 5.50. The number of hydrogen-bond acceptors (Lipinski definition) is 2. The van der Waals surface area contributed by atoms with Crippen LogP contribution in [-0.4, -0.2) is 22.0 Å². The maximum atomic E-state index is 13.0. The van der Waals surface area contributed by atoms with Gasteiger partial charge in [-0.3, -0.25) is 4.79 Å². The van der Waals surface area contributed by atoms with E-state index in [2.05, 4.69) is 9.88 Å². The molecule has 152 valence electrons. The number of aromatic nitrogens is 2. The van der Waals surface area contributed by atoms with E-state index in [1.807, 2.05) is 36.4 Å². The lowest BCUT2D eigenvalue weighted by molar-refractivity contribution is 0.0954. The number of nitrogens with one attached hydrogen (secondary N) is 1. The zero-order chi connectivity index (χ0) is 21.1. The molecule has 0 aliphatic heterocycles. The Morgan fingerprint density at radius 3 is 2.57 bits per heavy atom. The minimum atomic E-state index is -0.374. The molecule has 0 aliphatic carbocycles. The summed E-state index contributed by atoms with van der Waals surface area (Å²) in [6.45, 7) is 0.936. The Morgan fingerprint density at radius 1 is 1.03 bits per heavy atom. The fourth-order valence-corrected chi connectivity index (χ4v) is 3.77. The quantitative estimate of drug-likeness (QED) is 0.429. The van der Waals surface area contributed by atoms with Gasteiger partial charge in [0.15, 0.2) is 0 Å². The molecule has 4 nitrogen and oxygen atoms in total. The Hall–Kier alpha value is -2.89. The SMILES string of the molecule is O=C(NCCc1nc2ccccc2n1Cc1ccc(Cl)cc1Cl)c1ccc(F)cc1. The van der Waals surface area contributed by atoms with E-state index in [1.165, 1.54) is 24.3 Å². The molecule has 0 unspecified atom stereocenters. The highest BCUT2D eigenvalue weighted by Gasteiger charge is 2.13. The fraction of sp³-hybridized carbons (Fsp3) is 0.130. The van der Waals surface area contributed by atoms with E-state index in [1.54, 1.807) is 6.07 Å². The number of nitrogens with zero attached hydrogens (tertiary/aromatic N) is 2. The summed E-state index contributed by atoms with van der Waals surface area (Å²) in [6.07, 6.45) is 0.535. The van der Waals surface area contributed by atoms with E-state index >= 15 is 0 Å². The van der Waals surface area contributed by atoms with Gasteiger partial charge in [0.2, 0.25) is 0 Å². The molecule has 1 heterocycles. The van der Waals surface area contributed by atoms with E-state index in [4.69, 9.17) is 28.2 Å². The van der Waals surface area contributed by atoms with Crippen LogP contribution >= 0.6 is 23.2 Å². The van der Waals surface area contributed by atoms with Gasteiger partial charge in [0.25, 0.3) is 5.91 Å². The summed E-state index contributed by atoms with van der Waals surface area (Å²) in [7, 11) is 0. The fourth-order valence-electron chi connectivity index (χ4n) is 3.30. The van der Waals surface area contributed by atoms with Gasteiger partial charge in [0.1, 0.15) is 11.6 Å². The number of carbonyl (C=O) groups excluding carboxylic acids is 1. The van der Waals surface area contributed by atoms with Gasteiger partial charge in [-0.05, 0) is 54.1 Å². The number of benzene rings is 3. The first kappa shape index (κ1) is 20.4. The molecule has 0 bridgehead atoms. The van der Waals surface area contributed by atoms with Crippen LogP contribution in [0, 0.1) is 5.82 Å². The highest BCUT2D eigenvalue weighted by molar-refractivity contribution is 6.35. The molecule has 0 spiro atoms. The minimum absolute atomic E-state index is 0.251. The van der Waals surface area contributed by atoms with Crippen LogP contribution in [0.4, 0.5) is 4.39 Å². The topological polar surface area (TPSA) is 46.9 Å². The molecular weight excluding hydrogens is 424 g/mol. The van der Waals surface area contributed by atoms with Gasteiger partial charge in [0.05, 0.1) is 17.6 Å². The van der Waals surface area contributed by atoms with Gasteiger partial charge >= 0.3 is 0 Å². The number of rotatable bonds is 6. The molecule has 0 fully saturated rings. The predicted molar refractivity (Wildman–Crippen MR) is 118 cm³/mol. The smallest absolute Gasteiger partial charge is 0.251 e. The van der Waals surface area contributed by atoms with Crippen molar-refractivity contribution in [2.75, 3.05) is 6.54 Å². The Morgan fingerprint density at radius 2 is 1.80 bits per heavy atom. The summed E-state index contributed by atoms with van der Waals surface area (Å²) in [4.78, 5) is 17.0. The summed E-state index contributed by atoms with van der Waals surface area (Å²) in [5, 5.41) is 4.04. The third-order valence-corrected chi connectivity index (χ3v) is 5.40. The molecule has 0 atom stereocenters. The van der Waals surface area contributed by atoms with Crippen LogP contribution in [0.25, 0.3) is 11.0 Å². The van der Waals surface area contributed by atoms with Crippen molar-refractivity contribution < 1.29 is 9.18 Å². The summed E-state index contributed by atoms with van der Waals surface area (Å²) in [6, 6.07) is 18.8. The first-order valence-corrected chi connectivity index (χ1v) is 10.2. The Bertz CT molecular complexity index is 1210. The highest BCUT2D eigenvalue weighted by atomic mass is 35.5. The van der Waals surface area contributed by atoms with Crippen molar-refractivity contribution in [3.05, 3.63) is 99.5 Å². The molecule has 1 N–H and O–H groups in total. The lowest BCUT2D eigenvalue weighted by Crippen LogP contribution is -2.26. The second kappa shape index (κ2) is 8.86. The summed E-state index contributed by atoms with van der Waals surface area (Å²) < 4.78 is 15.1. The summed E-state index contributed by atoms with van der Waals surface area (Å²) in [5.41, 5.74) is 3.21. The number of halogens is 3. The maximum absolute atomic E-state index is 13.0. The second-order valence-corrected chi connectivity index (χ2v) is 7.70. The number of imidazole rings is 1. The van der Waals surface area contributed by atoms with Crippen molar-refractivity contribution in [1.82, 2.24) is 14.9 Å². The number of amides is 1. The van der Waals surface area contributed by atoms with E-state index < -0.39 is 0 Å². The average Bonchev–Trinajstić information content (AvgIpc) is 3.08. The first-order chi connectivity index (χ1) is 14.5. The monoisotopic (exact) mass is 441 g/mol. The first-order valence-electron chi connectivity index (χ1n) is 9.43. The lowest BCUT2D eigenvalue weighted by atomic mass is 10.2. The molecule has 30 heavy (non-hydrogen) atoms.